The summed E-state index contributed by atoms with van der Waals surface area (Å²) in [7, 11) is 0. The van der Waals surface area contributed by atoms with Crippen LogP contribution in [0.25, 0.3) is 0 Å². The highest BCUT2D eigenvalue weighted by atomic mass is 35.5. The van der Waals surface area contributed by atoms with Crippen LogP contribution in [0, 0.1) is 6.92 Å². The van der Waals surface area contributed by atoms with Crippen LogP contribution in [0.3, 0.4) is 0 Å². The topological polar surface area (TPSA) is 26.0 Å². The molecule has 13 heavy (non-hydrogen) atoms. The zero-order valence-corrected chi connectivity index (χ0v) is 8.93. The van der Waals surface area contributed by atoms with E-state index in [0.717, 1.165) is 23.6 Å². The van der Waals surface area contributed by atoms with Crippen molar-refractivity contribution >= 4 is 11.6 Å². The second-order valence-corrected chi connectivity index (χ2v) is 3.89. The minimum atomic E-state index is 0.503. The summed E-state index contributed by atoms with van der Waals surface area (Å²) < 4.78 is 0. The lowest BCUT2D eigenvalue weighted by Gasteiger charge is -2.11. The lowest BCUT2D eigenvalue weighted by Crippen LogP contribution is -2.04. The van der Waals surface area contributed by atoms with E-state index in [9.17, 15) is 0 Å². The molecule has 1 aromatic carbocycles. The van der Waals surface area contributed by atoms with Gasteiger partial charge in [-0.3, -0.25) is 0 Å². The van der Waals surface area contributed by atoms with Crippen LogP contribution >= 0.6 is 11.6 Å². The molecule has 0 aliphatic carbocycles. The summed E-state index contributed by atoms with van der Waals surface area (Å²) in [5.41, 5.74) is 7.91. The Hall–Kier alpha value is -0.530. The van der Waals surface area contributed by atoms with Crippen LogP contribution in [-0.4, -0.2) is 6.54 Å². The fraction of sp³-hybridized carbons (Fsp3) is 0.455. The van der Waals surface area contributed by atoms with Gasteiger partial charge in [-0.1, -0.05) is 30.7 Å². The molecule has 0 heterocycles. The zero-order chi connectivity index (χ0) is 9.84. The Balaban J connectivity index is 2.84. The molecule has 1 unspecified atom stereocenters. The van der Waals surface area contributed by atoms with Crippen molar-refractivity contribution in [3.63, 3.8) is 0 Å². The number of nitrogens with two attached hydrogens (primary N) is 1. The van der Waals surface area contributed by atoms with Gasteiger partial charge in [0.25, 0.3) is 0 Å². The molecule has 1 nitrogen and oxygen atoms in total. The van der Waals surface area contributed by atoms with Gasteiger partial charge in [0, 0.05) is 5.02 Å². The normalized spacial score (nSPS) is 12.9. The molecule has 1 rings (SSSR count). The van der Waals surface area contributed by atoms with Crippen LogP contribution in [0.4, 0.5) is 0 Å². The SMILES string of the molecule is Cc1ccc(C(C)CCN)cc1Cl. The van der Waals surface area contributed by atoms with Gasteiger partial charge in [0.05, 0.1) is 0 Å². The third kappa shape index (κ3) is 2.71. The van der Waals surface area contributed by atoms with Gasteiger partial charge >= 0.3 is 0 Å². The average molecular weight is 198 g/mol. The summed E-state index contributed by atoms with van der Waals surface area (Å²) in [5, 5.41) is 0.848. The van der Waals surface area contributed by atoms with Crippen molar-refractivity contribution < 1.29 is 0 Å². The fourth-order valence-electron chi connectivity index (χ4n) is 1.33. The van der Waals surface area contributed by atoms with Crippen molar-refractivity contribution in [2.75, 3.05) is 6.54 Å². The summed E-state index contributed by atoms with van der Waals surface area (Å²) >= 11 is 6.03. The molecule has 0 aliphatic heterocycles. The number of rotatable bonds is 3. The van der Waals surface area contributed by atoms with Crippen molar-refractivity contribution in [3.8, 4) is 0 Å². The van der Waals surface area contributed by atoms with Gasteiger partial charge in [-0.05, 0) is 43.0 Å². The second-order valence-electron chi connectivity index (χ2n) is 3.49. The Morgan fingerprint density at radius 2 is 2.15 bits per heavy atom. The van der Waals surface area contributed by atoms with Crippen LogP contribution in [0.2, 0.25) is 5.02 Å². The third-order valence-corrected chi connectivity index (χ3v) is 2.77. The van der Waals surface area contributed by atoms with Gasteiger partial charge in [-0.2, -0.15) is 0 Å². The lowest BCUT2D eigenvalue weighted by molar-refractivity contribution is 0.690. The molecule has 1 aromatic rings. The van der Waals surface area contributed by atoms with Crippen LogP contribution in [0.5, 0.6) is 0 Å². The minimum absolute atomic E-state index is 0.503. The summed E-state index contributed by atoms with van der Waals surface area (Å²) in [4.78, 5) is 0. The van der Waals surface area contributed by atoms with Crippen LogP contribution in [0.15, 0.2) is 18.2 Å². The lowest BCUT2D eigenvalue weighted by atomic mass is 9.97. The molecule has 0 radical (unpaired) electrons. The van der Waals surface area contributed by atoms with Crippen molar-refractivity contribution in [3.05, 3.63) is 34.3 Å². The third-order valence-electron chi connectivity index (χ3n) is 2.36. The summed E-state index contributed by atoms with van der Waals surface area (Å²) in [6.45, 7) is 4.92. The first-order valence-corrected chi connectivity index (χ1v) is 4.99. The van der Waals surface area contributed by atoms with E-state index in [1.165, 1.54) is 5.56 Å². The predicted octanol–water partition coefficient (Wildman–Crippen LogP) is 3.10. The quantitative estimate of drug-likeness (QED) is 0.792. The number of benzene rings is 1. The molecule has 0 aromatic heterocycles. The second kappa shape index (κ2) is 4.64. The summed E-state index contributed by atoms with van der Waals surface area (Å²) in [6, 6.07) is 6.23. The molecule has 0 saturated heterocycles. The molecule has 0 amide bonds. The van der Waals surface area contributed by atoms with Gasteiger partial charge in [0.15, 0.2) is 0 Å². The Morgan fingerprint density at radius 3 is 2.69 bits per heavy atom. The molecule has 0 saturated carbocycles. The van der Waals surface area contributed by atoms with E-state index in [4.69, 9.17) is 17.3 Å². The fourth-order valence-corrected chi connectivity index (χ4v) is 1.52. The van der Waals surface area contributed by atoms with E-state index in [2.05, 4.69) is 19.1 Å². The summed E-state index contributed by atoms with van der Waals surface area (Å²) in [6.07, 6.45) is 1.01. The molecule has 0 aliphatic rings. The van der Waals surface area contributed by atoms with E-state index >= 15 is 0 Å². The number of hydrogen-bond acceptors (Lipinski definition) is 1. The van der Waals surface area contributed by atoms with Gasteiger partial charge in [0.2, 0.25) is 0 Å². The Morgan fingerprint density at radius 1 is 1.46 bits per heavy atom. The zero-order valence-electron chi connectivity index (χ0n) is 8.18. The van der Waals surface area contributed by atoms with Crippen molar-refractivity contribution in [1.29, 1.82) is 0 Å². The highest BCUT2D eigenvalue weighted by Crippen LogP contribution is 2.23. The molecule has 0 fully saturated rings. The monoisotopic (exact) mass is 197 g/mol. The van der Waals surface area contributed by atoms with Gasteiger partial charge < -0.3 is 5.73 Å². The average Bonchev–Trinajstić information content (AvgIpc) is 2.10. The molecule has 2 N–H and O–H groups in total. The van der Waals surface area contributed by atoms with E-state index in [-0.39, 0.29) is 0 Å². The van der Waals surface area contributed by atoms with Crippen LogP contribution in [-0.2, 0) is 0 Å². The molecule has 2 heteroatoms. The van der Waals surface area contributed by atoms with Crippen molar-refractivity contribution in [2.24, 2.45) is 5.73 Å². The van der Waals surface area contributed by atoms with E-state index in [0.29, 0.717) is 5.92 Å². The van der Waals surface area contributed by atoms with Crippen molar-refractivity contribution in [2.45, 2.75) is 26.2 Å². The number of halogens is 1. The molecular weight excluding hydrogens is 182 g/mol. The maximum absolute atomic E-state index is 6.03. The maximum atomic E-state index is 6.03. The molecule has 72 valence electrons. The Labute approximate surface area is 84.9 Å². The van der Waals surface area contributed by atoms with E-state index < -0.39 is 0 Å². The van der Waals surface area contributed by atoms with Crippen LogP contribution < -0.4 is 5.73 Å². The Bertz CT molecular complexity index is 283. The van der Waals surface area contributed by atoms with Gasteiger partial charge in [-0.25, -0.2) is 0 Å². The number of aryl methyl sites for hydroxylation is 1. The molecule has 0 bridgehead atoms. The smallest absolute Gasteiger partial charge is 0.0438 e. The van der Waals surface area contributed by atoms with Gasteiger partial charge in [-0.15, -0.1) is 0 Å². The maximum Gasteiger partial charge on any atom is 0.0438 e. The first kappa shape index (κ1) is 10.6. The first-order valence-electron chi connectivity index (χ1n) is 4.61. The first-order chi connectivity index (χ1) is 6.15. The predicted molar refractivity (Wildman–Crippen MR) is 58.3 cm³/mol. The van der Waals surface area contributed by atoms with Crippen molar-refractivity contribution in [1.82, 2.24) is 0 Å². The molecular formula is C11H16ClN. The van der Waals surface area contributed by atoms with E-state index in [1.54, 1.807) is 0 Å². The van der Waals surface area contributed by atoms with E-state index in [1.807, 2.05) is 13.0 Å². The largest absolute Gasteiger partial charge is 0.330 e. The highest BCUT2D eigenvalue weighted by molar-refractivity contribution is 6.31. The standard InChI is InChI=1S/C11H16ClN/c1-8(5-6-13)10-4-3-9(2)11(12)7-10/h3-4,7-8H,5-6,13H2,1-2H3. The van der Waals surface area contributed by atoms with Gasteiger partial charge in [0.1, 0.15) is 0 Å². The Kier molecular flexibility index (Phi) is 3.76. The van der Waals surface area contributed by atoms with Crippen LogP contribution in [0.1, 0.15) is 30.4 Å². The minimum Gasteiger partial charge on any atom is -0.330 e. The molecule has 1 atom stereocenters. The summed E-state index contributed by atoms with van der Waals surface area (Å²) in [5.74, 6) is 0.503. The molecule has 0 spiro atoms. The highest BCUT2D eigenvalue weighted by Gasteiger charge is 2.05. The number of hydrogen-bond donors (Lipinski definition) is 1.